The molecule has 1 amide bonds. The van der Waals surface area contributed by atoms with Crippen LogP contribution in [-0.2, 0) is 4.79 Å². The molecular formula is C14H18ClN3O3. The van der Waals surface area contributed by atoms with Gasteiger partial charge in [-0.15, -0.1) is 0 Å². The monoisotopic (exact) mass is 311 g/mol. The molecule has 0 unspecified atom stereocenters. The van der Waals surface area contributed by atoms with E-state index >= 15 is 0 Å². The largest absolute Gasteiger partial charge is 0.361 e. The smallest absolute Gasteiger partial charge is 0.294 e. The highest BCUT2D eigenvalue weighted by molar-refractivity contribution is 6.33. The number of halogens is 1. The Labute approximate surface area is 128 Å². The first-order valence-corrected chi connectivity index (χ1v) is 7.38. The molecule has 1 aliphatic rings. The molecule has 1 heterocycles. The van der Waals surface area contributed by atoms with E-state index in [2.05, 4.69) is 0 Å². The molecule has 1 saturated heterocycles. The molecule has 1 aliphatic heterocycles. The normalized spacial score (nSPS) is 15.1. The van der Waals surface area contributed by atoms with Gasteiger partial charge >= 0.3 is 0 Å². The summed E-state index contributed by atoms with van der Waals surface area (Å²) in [5.74, 6) is 0.144. The Hall–Kier alpha value is -1.82. The fourth-order valence-electron chi connectivity index (χ4n) is 2.52. The van der Waals surface area contributed by atoms with Gasteiger partial charge in [0.05, 0.1) is 9.95 Å². The lowest BCUT2D eigenvalue weighted by Gasteiger charge is -2.36. The standard InChI is InChI=1S/C14H18ClN3O3/c1-2-4-13(19)16-7-9-17(10-8-16)14-11(15)5-3-6-12(14)18(20)21/h3,5-6H,2,4,7-10H2,1H3. The van der Waals surface area contributed by atoms with Crippen molar-refractivity contribution in [3.8, 4) is 0 Å². The van der Waals surface area contributed by atoms with Gasteiger partial charge < -0.3 is 9.80 Å². The van der Waals surface area contributed by atoms with Crippen LogP contribution in [0.15, 0.2) is 18.2 Å². The highest BCUT2D eigenvalue weighted by Gasteiger charge is 2.27. The van der Waals surface area contributed by atoms with Crippen molar-refractivity contribution in [2.75, 3.05) is 31.1 Å². The molecule has 0 aromatic heterocycles. The fourth-order valence-corrected chi connectivity index (χ4v) is 2.80. The Kier molecular flexibility index (Phi) is 5.01. The van der Waals surface area contributed by atoms with Gasteiger partial charge in [0.1, 0.15) is 5.69 Å². The molecule has 0 saturated carbocycles. The number of amides is 1. The Morgan fingerprint density at radius 2 is 2.00 bits per heavy atom. The Morgan fingerprint density at radius 3 is 2.57 bits per heavy atom. The number of benzene rings is 1. The first-order valence-electron chi connectivity index (χ1n) is 7.00. The molecule has 0 spiro atoms. The topological polar surface area (TPSA) is 66.7 Å². The molecular weight excluding hydrogens is 294 g/mol. The first kappa shape index (κ1) is 15.6. The fraction of sp³-hybridized carbons (Fsp3) is 0.500. The molecule has 1 fully saturated rings. The Balaban J connectivity index is 2.13. The molecule has 0 atom stereocenters. The highest BCUT2D eigenvalue weighted by Crippen LogP contribution is 2.35. The third-order valence-electron chi connectivity index (χ3n) is 3.57. The molecule has 7 heteroatoms. The van der Waals surface area contributed by atoms with Crippen molar-refractivity contribution < 1.29 is 9.72 Å². The maximum Gasteiger partial charge on any atom is 0.294 e. The summed E-state index contributed by atoms with van der Waals surface area (Å²) in [5.41, 5.74) is 0.461. The van der Waals surface area contributed by atoms with Gasteiger partial charge in [0, 0.05) is 38.7 Å². The van der Waals surface area contributed by atoms with Crippen molar-refractivity contribution in [3.05, 3.63) is 33.3 Å². The summed E-state index contributed by atoms with van der Waals surface area (Å²) in [7, 11) is 0. The summed E-state index contributed by atoms with van der Waals surface area (Å²) >= 11 is 6.13. The predicted molar refractivity (Wildman–Crippen MR) is 81.8 cm³/mol. The lowest BCUT2D eigenvalue weighted by molar-refractivity contribution is -0.384. The molecule has 1 aromatic carbocycles. The van der Waals surface area contributed by atoms with Crippen LogP contribution in [0.5, 0.6) is 0 Å². The molecule has 114 valence electrons. The van der Waals surface area contributed by atoms with Crippen LogP contribution < -0.4 is 4.90 Å². The van der Waals surface area contributed by atoms with Gasteiger partial charge in [-0.3, -0.25) is 14.9 Å². The summed E-state index contributed by atoms with van der Waals surface area (Å²) in [5, 5.41) is 11.5. The van der Waals surface area contributed by atoms with Crippen molar-refractivity contribution in [1.82, 2.24) is 4.90 Å². The number of piperazine rings is 1. The number of anilines is 1. The third-order valence-corrected chi connectivity index (χ3v) is 3.88. The summed E-state index contributed by atoms with van der Waals surface area (Å²) in [6, 6.07) is 4.68. The van der Waals surface area contributed by atoms with Gasteiger partial charge in [-0.2, -0.15) is 0 Å². The summed E-state index contributed by atoms with van der Waals surface area (Å²) in [6.07, 6.45) is 1.38. The molecule has 0 aliphatic carbocycles. The quantitative estimate of drug-likeness (QED) is 0.633. The lowest BCUT2D eigenvalue weighted by Crippen LogP contribution is -2.49. The molecule has 6 nitrogen and oxygen atoms in total. The molecule has 2 rings (SSSR count). The number of rotatable bonds is 4. The Bertz CT molecular complexity index is 542. The van der Waals surface area contributed by atoms with Gasteiger partial charge in [0.2, 0.25) is 5.91 Å². The van der Waals surface area contributed by atoms with E-state index in [0.717, 1.165) is 6.42 Å². The number of hydrogen-bond acceptors (Lipinski definition) is 4. The number of nitrogens with zero attached hydrogens (tertiary/aromatic N) is 3. The average Bonchev–Trinajstić information content (AvgIpc) is 2.47. The zero-order valence-electron chi connectivity index (χ0n) is 11.9. The summed E-state index contributed by atoms with van der Waals surface area (Å²) in [4.78, 5) is 26.3. The van der Waals surface area contributed by atoms with Crippen LogP contribution in [0, 0.1) is 10.1 Å². The molecule has 0 bridgehead atoms. The molecule has 1 aromatic rings. The minimum atomic E-state index is -0.421. The minimum Gasteiger partial charge on any atom is -0.361 e. The van der Waals surface area contributed by atoms with Gasteiger partial charge in [-0.1, -0.05) is 24.6 Å². The highest BCUT2D eigenvalue weighted by atomic mass is 35.5. The van der Waals surface area contributed by atoms with Gasteiger partial charge in [-0.05, 0) is 12.5 Å². The number of nitro groups is 1. The van der Waals surface area contributed by atoms with Crippen molar-refractivity contribution >= 4 is 28.9 Å². The average molecular weight is 312 g/mol. The predicted octanol–water partition coefficient (Wildman–Crippen LogP) is 2.70. The third kappa shape index (κ3) is 3.44. The maximum absolute atomic E-state index is 11.9. The van der Waals surface area contributed by atoms with Gasteiger partial charge in [0.25, 0.3) is 5.69 Å². The van der Waals surface area contributed by atoms with Crippen LogP contribution in [0.2, 0.25) is 5.02 Å². The Morgan fingerprint density at radius 1 is 1.33 bits per heavy atom. The second-order valence-electron chi connectivity index (χ2n) is 4.98. The van der Waals surface area contributed by atoms with Gasteiger partial charge in [-0.25, -0.2) is 0 Å². The van der Waals surface area contributed by atoms with E-state index in [1.165, 1.54) is 6.07 Å². The SMILES string of the molecule is CCCC(=O)N1CCN(c2c(Cl)cccc2[N+](=O)[O-])CC1. The van der Waals surface area contributed by atoms with E-state index < -0.39 is 4.92 Å². The van der Waals surface area contributed by atoms with Crippen molar-refractivity contribution in [1.29, 1.82) is 0 Å². The number of para-hydroxylation sites is 1. The summed E-state index contributed by atoms with van der Waals surface area (Å²) in [6.45, 7) is 4.23. The zero-order valence-corrected chi connectivity index (χ0v) is 12.7. The molecule has 0 radical (unpaired) electrons. The van der Waals surface area contributed by atoms with Crippen LogP contribution >= 0.6 is 11.6 Å². The van der Waals surface area contributed by atoms with E-state index in [1.807, 2.05) is 16.7 Å². The summed E-state index contributed by atoms with van der Waals surface area (Å²) < 4.78 is 0. The van der Waals surface area contributed by atoms with Crippen LogP contribution in [-0.4, -0.2) is 41.9 Å². The number of carbonyl (C=O) groups excluding carboxylic acids is 1. The van der Waals surface area contributed by atoms with Crippen molar-refractivity contribution in [2.45, 2.75) is 19.8 Å². The van der Waals surface area contributed by atoms with Crippen LogP contribution in [0.25, 0.3) is 0 Å². The maximum atomic E-state index is 11.9. The van der Waals surface area contributed by atoms with E-state index in [9.17, 15) is 14.9 Å². The zero-order chi connectivity index (χ0) is 15.4. The van der Waals surface area contributed by atoms with E-state index in [-0.39, 0.29) is 11.6 Å². The van der Waals surface area contributed by atoms with E-state index in [4.69, 9.17) is 11.6 Å². The van der Waals surface area contributed by atoms with Crippen molar-refractivity contribution in [3.63, 3.8) is 0 Å². The van der Waals surface area contributed by atoms with Crippen LogP contribution in [0.1, 0.15) is 19.8 Å². The second kappa shape index (κ2) is 6.76. The van der Waals surface area contributed by atoms with Gasteiger partial charge in [0.15, 0.2) is 0 Å². The van der Waals surface area contributed by atoms with E-state index in [0.29, 0.717) is 43.3 Å². The molecule has 0 N–H and O–H groups in total. The number of nitro benzene ring substituents is 1. The first-order chi connectivity index (χ1) is 10.0. The number of hydrogen-bond donors (Lipinski definition) is 0. The van der Waals surface area contributed by atoms with Crippen LogP contribution in [0.4, 0.5) is 11.4 Å². The lowest BCUT2D eigenvalue weighted by atomic mass is 10.2. The number of carbonyl (C=O) groups is 1. The second-order valence-corrected chi connectivity index (χ2v) is 5.39. The minimum absolute atomic E-state index is 0.0100. The van der Waals surface area contributed by atoms with Crippen LogP contribution in [0.3, 0.4) is 0 Å². The van der Waals surface area contributed by atoms with E-state index in [1.54, 1.807) is 12.1 Å². The van der Waals surface area contributed by atoms with Crippen molar-refractivity contribution in [2.24, 2.45) is 0 Å². The molecule has 21 heavy (non-hydrogen) atoms.